The van der Waals surface area contributed by atoms with Crippen molar-refractivity contribution in [2.45, 2.75) is 77.8 Å². The number of hydrogen-bond acceptors (Lipinski definition) is 5. The van der Waals surface area contributed by atoms with E-state index >= 15 is 0 Å². The number of methoxy groups -OCH3 is 1. The first-order valence-electron chi connectivity index (χ1n) is 8.66. The van der Waals surface area contributed by atoms with Gasteiger partial charge >= 0.3 is 5.97 Å². The summed E-state index contributed by atoms with van der Waals surface area (Å²) in [5.74, 6) is -0.353. The van der Waals surface area contributed by atoms with Gasteiger partial charge < -0.3 is 18.6 Å². The molecule has 5 nitrogen and oxygen atoms in total. The molecule has 0 aromatic carbocycles. The second-order valence-electron chi connectivity index (χ2n) is 7.49. The van der Waals surface area contributed by atoms with Gasteiger partial charge in [0.1, 0.15) is 6.79 Å². The molecule has 0 aliphatic carbocycles. The van der Waals surface area contributed by atoms with Crippen molar-refractivity contribution in [3.8, 4) is 0 Å². The zero-order valence-corrected chi connectivity index (χ0v) is 17.7. The zero-order chi connectivity index (χ0) is 18.8. The molecule has 142 valence electrons. The van der Waals surface area contributed by atoms with E-state index in [4.69, 9.17) is 18.6 Å². The lowest BCUT2D eigenvalue weighted by atomic mass is 10.1. The molecule has 0 N–H and O–H groups in total. The highest BCUT2D eigenvalue weighted by atomic mass is 28.4. The van der Waals surface area contributed by atoms with Crippen LogP contribution in [-0.2, 0) is 23.4 Å². The van der Waals surface area contributed by atoms with Gasteiger partial charge in [-0.3, -0.25) is 0 Å². The van der Waals surface area contributed by atoms with Crippen LogP contribution in [0.5, 0.6) is 0 Å². The Kier molecular flexibility index (Phi) is 10.7. The van der Waals surface area contributed by atoms with E-state index in [0.29, 0.717) is 6.61 Å². The topological polar surface area (TPSA) is 54.0 Å². The first kappa shape index (κ1) is 23.3. The number of ether oxygens (including phenoxy) is 3. The van der Waals surface area contributed by atoms with E-state index in [2.05, 4.69) is 40.8 Å². The zero-order valence-electron chi connectivity index (χ0n) is 16.7. The van der Waals surface area contributed by atoms with E-state index in [1.54, 1.807) is 20.1 Å². The molecular formula is C18H36O5Si. The molecule has 6 heteroatoms. The van der Waals surface area contributed by atoms with Crippen LogP contribution in [0.3, 0.4) is 0 Å². The molecule has 0 amide bonds. The summed E-state index contributed by atoms with van der Waals surface area (Å²) in [6, 6.07) is 0. The standard InChI is InChI=1S/C18H36O5Si/c1-9-21-17(19)13-12-16(22-14-20-6)11-10-15(2)23-24(7,8)18(3,4)5/h12-13,15-16H,9-11,14H2,1-8H3/b13-12+/t15-,16-/m1/s1. The van der Waals surface area contributed by atoms with Crippen molar-refractivity contribution in [3.05, 3.63) is 12.2 Å². The lowest BCUT2D eigenvalue weighted by Gasteiger charge is -2.38. The molecule has 0 spiro atoms. The predicted molar refractivity (Wildman–Crippen MR) is 99.5 cm³/mol. The molecular weight excluding hydrogens is 324 g/mol. The van der Waals surface area contributed by atoms with Gasteiger partial charge in [0.2, 0.25) is 0 Å². The second kappa shape index (κ2) is 11.0. The van der Waals surface area contributed by atoms with Crippen LogP contribution in [0.25, 0.3) is 0 Å². The molecule has 0 saturated heterocycles. The van der Waals surface area contributed by atoms with Gasteiger partial charge in [-0.05, 0) is 50.9 Å². The normalized spacial score (nSPS) is 15.5. The van der Waals surface area contributed by atoms with E-state index in [1.165, 1.54) is 6.08 Å². The molecule has 2 atom stereocenters. The largest absolute Gasteiger partial charge is 0.463 e. The minimum Gasteiger partial charge on any atom is -0.463 e. The average molecular weight is 361 g/mol. The summed E-state index contributed by atoms with van der Waals surface area (Å²) in [7, 11) is -0.191. The molecule has 0 bridgehead atoms. The summed E-state index contributed by atoms with van der Waals surface area (Å²) in [5, 5.41) is 0.191. The van der Waals surface area contributed by atoms with E-state index in [0.717, 1.165) is 12.8 Å². The monoisotopic (exact) mass is 360 g/mol. The predicted octanol–water partition coefficient (Wildman–Crippen LogP) is 4.29. The van der Waals surface area contributed by atoms with Crippen LogP contribution in [-0.4, -0.2) is 47.0 Å². The van der Waals surface area contributed by atoms with Crippen molar-refractivity contribution in [1.82, 2.24) is 0 Å². The SMILES string of the molecule is CCOC(=O)/C=C/[C@@H](CC[C@@H](C)O[Si](C)(C)C(C)(C)C)OCOC. The Labute approximate surface area is 148 Å². The van der Waals surface area contributed by atoms with Crippen LogP contribution in [0.1, 0.15) is 47.5 Å². The molecule has 0 radical (unpaired) electrons. The van der Waals surface area contributed by atoms with E-state index in [9.17, 15) is 4.79 Å². The van der Waals surface area contributed by atoms with Gasteiger partial charge in [0.15, 0.2) is 8.32 Å². The average Bonchev–Trinajstić information content (AvgIpc) is 2.45. The van der Waals surface area contributed by atoms with Gasteiger partial charge in [-0.2, -0.15) is 0 Å². The smallest absolute Gasteiger partial charge is 0.330 e. The molecule has 0 rings (SSSR count). The van der Waals surface area contributed by atoms with Crippen LogP contribution in [0.2, 0.25) is 18.1 Å². The Bertz CT molecular complexity index is 387. The van der Waals surface area contributed by atoms with Crippen molar-refractivity contribution in [1.29, 1.82) is 0 Å². The Morgan fingerprint density at radius 1 is 1.21 bits per heavy atom. The highest BCUT2D eigenvalue weighted by Crippen LogP contribution is 2.37. The molecule has 0 aliphatic rings. The van der Waals surface area contributed by atoms with Crippen molar-refractivity contribution < 1.29 is 23.4 Å². The fourth-order valence-electron chi connectivity index (χ4n) is 1.90. The fraction of sp³-hybridized carbons (Fsp3) is 0.833. The summed E-state index contributed by atoms with van der Waals surface area (Å²) in [6.45, 7) is 15.6. The van der Waals surface area contributed by atoms with Crippen LogP contribution < -0.4 is 0 Å². The Balaban J connectivity index is 4.56. The maximum atomic E-state index is 11.4. The lowest BCUT2D eigenvalue weighted by molar-refractivity contribution is -0.137. The highest BCUT2D eigenvalue weighted by Gasteiger charge is 2.38. The molecule has 0 unspecified atom stereocenters. The van der Waals surface area contributed by atoms with Crippen molar-refractivity contribution in [3.63, 3.8) is 0 Å². The van der Waals surface area contributed by atoms with Crippen LogP contribution in [0, 0.1) is 0 Å². The first-order chi connectivity index (χ1) is 11.0. The number of carbonyl (C=O) groups is 1. The molecule has 0 aromatic rings. The minimum absolute atomic E-state index is 0.149. The van der Waals surface area contributed by atoms with E-state index in [1.807, 2.05) is 0 Å². The van der Waals surface area contributed by atoms with Crippen LogP contribution >= 0.6 is 0 Å². The molecule has 0 fully saturated rings. The summed E-state index contributed by atoms with van der Waals surface area (Å²) in [6.07, 6.45) is 4.72. The number of hydrogen-bond donors (Lipinski definition) is 0. The number of carbonyl (C=O) groups excluding carboxylic acids is 1. The Hall–Kier alpha value is -0.693. The van der Waals surface area contributed by atoms with E-state index in [-0.39, 0.29) is 30.0 Å². The number of esters is 1. The molecule has 0 aliphatic heterocycles. The van der Waals surface area contributed by atoms with Crippen molar-refractivity contribution in [2.24, 2.45) is 0 Å². The fourth-order valence-corrected chi connectivity index (χ4v) is 3.38. The summed E-state index contributed by atoms with van der Waals surface area (Å²) in [4.78, 5) is 11.4. The summed E-state index contributed by atoms with van der Waals surface area (Å²) < 4.78 is 21.8. The van der Waals surface area contributed by atoms with E-state index < -0.39 is 8.32 Å². The third-order valence-electron chi connectivity index (χ3n) is 4.29. The summed E-state index contributed by atoms with van der Waals surface area (Å²) >= 11 is 0. The van der Waals surface area contributed by atoms with Crippen molar-refractivity contribution in [2.75, 3.05) is 20.5 Å². The van der Waals surface area contributed by atoms with Gasteiger partial charge in [0.25, 0.3) is 0 Å². The molecule has 24 heavy (non-hydrogen) atoms. The quantitative estimate of drug-likeness (QED) is 0.238. The van der Waals surface area contributed by atoms with Crippen molar-refractivity contribution >= 4 is 14.3 Å². The molecule has 0 heterocycles. The van der Waals surface area contributed by atoms with Gasteiger partial charge in [0, 0.05) is 19.3 Å². The van der Waals surface area contributed by atoms with Gasteiger partial charge in [-0.1, -0.05) is 20.8 Å². The Morgan fingerprint density at radius 2 is 1.83 bits per heavy atom. The lowest BCUT2D eigenvalue weighted by Crippen LogP contribution is -2.43. The Morgan fingerprint density at radius 3 is 2.33 bits per heavy atom. The van der Waals surface area contributed by atoms with Gasteiger partial charge in [0.05, 0.1) is 12.7 Å². The second-order valence-corrected chi connectivity index (χ2v) is 12.2. The van der Waals surface area contributed by atoms with Gasteiger partial charge in [-0.25, -0.2) is 4.79 Å². The minimum atomic E-state index is -1.77. The maximum absolute atomic E-state index is 11.4. The van der Waals surface area contributed by atoms with Crippen LogP contribution in [0.4, 0.5) is 0 Å². The number of rotatable bonds is 11. The third-order valence-corrected chi connectivity index (χ3v) is 8.90. The van der Waals surface area contributed by atoms with Crippen LogP contribution in [0.15, 0.2) is 12.2 Å². The highest BCUT2D eigenvalue weighted by molar-refractivity contribution is 6.74. The maximum Gasteiger partial charge on any atom is 0.330 e. The molecule has 0 saturated carbocycles. The molecule has 0 aromatic heterocycles. The first-order valence-corrected chi connectivity index (χ1v) is 11.6. The third kappa shape index (κ3) is 9.57. The van der Waals surface area contributed by atoms with Gasteiger partial charge in [-0.15, -0.1) is 0 Å². The summed E-state index contributed by atoms with van der Waals surface area (Å²) in [5.41, 5.74) is 0.